The number of nitrogens with one attached hydrogen (secondary N) is 4. The van der Waals surface area contributed by atoms with E-state index in [4.69, 9.17) is 0 Å². The Morgan fingerprint density at radius 2 is 0.975 bits per heavy atom. The van der Waals surface area contributed by atoms with Crippen LogP contribution in [0.2, 0.25) is 0 Å². The molecule has 0 unspecified atom stereocenters. The van der Waals surface area contributed by atoms with Gasteiger partial charge in [-0.2, -0.15) is 0 Å². The zero-order chi connectivity index (χ0) is 29.1. The van der Waals surface area contributed by atoms with Crippen LogP contribution in [0.1, 0.15) is 99.4 Å². The summed E-state index contributed by atoms with van der Waals surface area (Å²) in [4.78, 5) is 31.3. The van der Waals surface area contributed by atoms with Crippen LogP contribution in [-0.2, 0) is 22.4 Å². The Morgan fingerprint density at radius 3 is 1.30 bits per heavy atom. The SMILES string of the molecule is CCC1=C(C)C(=O)N/C1=C\c1[nH]c(C#CC#Cc2[nH]c(/C=C3\NC(=O)C(C)=C3CC)c(CC)c2C)c(C)c1CC. The number of rotatable bonds is 6. The van der Waals surface area contributed by atoms with Gasteiger partial charge in [-0.1, -0.05) is 27.7 Å². The van der Waals surface area contributed by atoms with Crippen LogP contribution in [0.25, 0.3) is 12.2 Å². The molecule has 2 aromatic heterocycles. The van der Waals surface area contributed by atoms with Crippen molar-refractivity contribution < 1.29 is 9.59 Å². The number of amides is 2. The van der Waals surface area contributed by atoms with E-state index >= 15 is 0 Å². The number of hydrogen-bond donors (Lipinski definition) is 4. The second-order valence-electron chi connectivity index (χ2n) is 10.2. The first-order valence-corrected chi connectivity index (χ1v) is 14.1. The third-order valence-electron chi connectivity index (χ3n) is 7.99. The number of hydrogen-bond acceptors (Lipinski definition) is 2. The lowest BCUT2D eigenvalue weighted by atomic mass is 10.0. The molecule has 0 atom stereocenters. The topological polar surface area (TPSA) is 89.8 Å². The van der Waals surface area contributed by atoms with Crippen molar-refractivity contribution in [3.05, 3.63) is 78.7 Å². The van der Waals surface area contributed by atoms with Crippen molar-refractivity contribution in [2.24, 2.45) is 0 Å². The first-order chi connectivity index (χ1) is 19.1. The summed E-state index contributed by atoms with van der Waals surface area (Å²) < 4.78 is 0. The monoisotopic (exact) mass is 534 g/mol. The van der Waals surface area contributed by atoms with Crippen molar-refractivity contribution in [3.63, 3.8) is 0 Å². The van der Waals surface area contributed by atoms with Crippen LogP contribution in [0.15, 0.2) is 33.7 Å². The van der Waals surface area contributed by atoms with Crippen LogP contribution in [0, 0.1) is 37.5 Å². The molecule has 2 aliphatic heterocycles. The Balaban J connectivity index is 1.63. The molecule has 0 radical (unpaired) electrons. The van der Waals surface area contributed by atoms with Gasteiger partial charge in [-0.3, -0.25) is 9.59 Å². The molecule has 0 fully saturated rings. The molecule has 6 nitrogen and oxygen atoms in total. The van der Waals surface area contributed by atoms with Gasteiger partial charge in [0.15, 0.2) is 0 Å². The van der Waals surface area contributed by atoms with Crippen molar-refractivity contribution in [2.45, 2.75) is 81.1 Å². The molecule has 6 heteroatoms. The minimum Gasteiger partial charge on any atom is -0.348 e. The average molecular weight is 535 g/mol. The van der Waals surface area contributed by atoms with Gasteiger partial charge in [-0.25, -0.2) is 0 Å². The highest BCUT2D eigenvalue weighted by molar-refractivity contribution is 6.01. The molecule has 0 saturated heterocycles. The number of carbonyl (C=O) groups excluding carboxylic acids is 2. The third kappa shape index (κ3) is 5.23. The number of aromatic amines is 2. The largest absolute Gasteiger partial charge is 0.348 e. The molecule has 0 bridgehead atoms. The lowest BCUT2D eigenvalue weighted by molar-refractivity contribution is -0.117. The summed E-state index contributed by atoms with van der Waals surface area (Å²) in [7, 11) is 0. The van der Waals surface area contributed by atoms with Gasteiger partial charge in [0, 0.05) is 33.9 Å². The molecule has 2 aliphatic rings. The highest BCUT2D eigenvalue weighted by Crippen LogP contribution is 2.29. The van der Waals surface area contributed by atoms with Crippen LogP contribution < -0.4 is 10.6 Å². The fourth-order valence-electron chi connectivity index (χ4n) is 5.62. The second kappa shape index (κ2) is 11.8. The zero-order valence-corrected chi connectivity index (χ0v) is 24.8. The maximum atomic E-state index is 12.2. The van der Waals surface area contributed by atoms with E-state index in [9.17, 15) is 9.59 Å². The van der Waals surface area contributed by atoms with Crippen molar-refractivity contribution >= 4 is 24.0 Å². The molecule has 4 rings (SSSR count). The van der Waals surface area contributed by atoms with Crippen molar-refractivity contribution in [3.8, 4) is 23.7 Å². The fourth-order valence-corrected chi connectivity index (χ4v) is 5.62. The first-order valence-electron chi connectivity index (χ1n) is 14.1. The maximum Gasteiger partial charge on any atom is 0.251 e. The quantitative estimate of drug-likeness (QED) is 0.349. The van der Waals surface area contributed by atoms with E-state index in [1.165, 1.54) is 11.1 Å². The number of allylic oxidation sites excluding steroid dienone is 2. The molecule has 2 aromatic rings. The van der Waals surface area contributed by atoms with E-state index in [2.05, 4.69) is 85.8 Å². The predicted octanol–water partition coefficient (Wildman–Crippen LogP) is 5.88. The summed E-state index contributed by atoms with van der Waals surface area (Å²) in [5.74, 6) is 12.4. The molecule has 2 amide bonds. The standard InChI is InChI=1S/C34H38N4O2/c1-9-23-19(5)27(35-29(23)17-31-25(11-3)21(7)33(39)37-31)15-13-14-16-28-20(6)24(10-2)30(36-28)18-32-26(12-4)22(8)34(40)38-32/h17-18,35-36H,9-12H2,1-8H3,(H,37,39)(H,38,40)/b31-17-,32-18-. The van der Waals surface area contributed by atoms with Crippen LogP contribution in [-0.4, -0.2) is 21.8 Å². The molecule has 206 valence electrons. The number of aromatic nitrogens is 2. The summed E-state index contributed by atoms with van der Waals surface area (Å²) in [5, 5.41) is 5.98. The average Bonchev–Trinajstić information content (AvgIpc) is 3.58. The van der Waals surface area contributed by atoms with Crippen molar-refractivity contribution in [1.29, 1.82) is 0 Å². The lowest BCUT2D eigenvalue weighted by Gasteiger charge is -2.04. The minimum atomic E-state index is -0.0321. The minimum absolute atomic E-state index is 0.0321. The molecule has 0 aromatic carbocycles. The van der Waals surface area contributed by atoms with Gasteiger partial charge in [-0.15, -0.1) is 0 Å². The third-order valence-corrected chi connectivity index (χ3v) is 7.99. The molecule has 4 heterocycles. The van der Waals surface area contributed by atoms with Crippen molar-refractivity contribution in [2.75, 3.05) is 0 Å². The summed E-state index contributed by atoms with van der Waals surface area (Å²) in [5.41, 5.74) is 13.5. The highest BCUT2D eigenvalue weighted by Gasteiger charge is 2.24. The van der Waals surface area contributed by atoms with Gasteiger partial charge in [-0.05, 0) is 123 Å². The highest BCUT2D eigenvalue weighted by atomic mass is 16.2. The van der Waals surface area contributed by atoms with Crippen LogP contribution in [0.3, 0.4) is 0 Å². The molecule has 0 aliphatic carbocycles. The van der Waals surface area contributed by atoms with E-state index in [-0.39, 0.29) is 11.8 Å². The molecular weight excluding hydrogens is 496 g/mol. The van der Waals surface area contributed by atoms with E-state index < -0.39 is 0 Å². The first kappa shape index (κ1) is 28.6. The van der Waals surface area contributed by atoms with Gasteiger partial charge >= 0.3 is 0 Å². The Morgan fingerprint density at radius 1 is 0.600 bits per heavy atom. The van der Waals surface area contributed by atoms with E-state index in [0.29, 0.717) is 0 Å². The molecular formula is C34H38N4O2. The Kier molecular flexibility index (Phi) is 8.40. The smallest absolute Gasteiger partial charge is 0.251 e. The zero-order valence-electron chi connectivity index (χ0n) is 24.8. The van der Waals surface area contributed by atoms with Gasteiger partial charge in [0.1, 0.15) is 0 Å². The normalized spacial score (nSPS) is 16.9. The lowest BCUT2D eigenvalue weighted by Crippen LogP contribution is -2.15. The van der Waals surface area contributed by atoms with E-state index in [1.807, 2.05) is 26.0 Å². The van der Waals surface area contributed by atoms with Crippen LogP contribution in [0.5, 0.6) is 0 Å². The van der Waals surface area contributed by atoms with Gasteiger partial charge in [0.25, 0.3) is 11.8 Å². The van der Waals surface area contributed by atoms with Gasteiger partial charge in [0.05, 0.1) is 11.4 Å². The van der Waals surface area contributed by atoms with Gasteiger partial charge in [0.2, 0.25) is 0 Å². The van der Waals surface area contributed by atoms with Crippen LogP contribution >= 0.6 is 0 Å². The Hall–Kier alpha value is -4.42. The van der Waals surface area contributed by atoms with Crippen molar-refractivity contribution in [1.82, 2.24) is 20.6 Å². The maximum absolute atomic E-state index is 12.2. The number of carbonyl (C=O) groups is 2. The predicted molar refractivity (Wildman–Crippen MR) is 162 cm³/mol. The Labute approximate surface area is 237 Å². The molecule has 0 saturated carbocycles. The summed E-state index contributed by atoms with van der Waals surface area (Å²) in [6, 6.07) is 0. The Bertz CT molecular complexity index is 1530. The van der Waals surface area contributed by atoms with E-state index in [0.717, 1.165) is 93.3 Å². The van der Waals surface area contributed by atoms with Gasteiger partial charge < -0.3 is 20.6 Å². The fraction of sp³-hybridized carbons (Fsp3) is 0.353. The summed E-state index contributed by atoms with van der Waals surface area (Å²) >= 11 is 0. The van der Waals surface area contributed by atoms with Crippen LogP contribution in [0.4, 0.5) is 0 Å². The molecule has 40 heavy (non-hydrogen) atoms. The molecule has 4 N–H and O–H groups in total. The summed E-state index contributed by atoms with van der Waals surface area (Å²) in [6.45, 7) is 16.2. The summed E-state index contributed by atoms with van der Waals surface area (Å²) in [6.07, 6.45) is 7.33. The molecule has 0 spiro atoms. The number of H-pyrrole nitrogens is 2. The second-order valence-corrected chi connectivity index (χ2v) is 10.2. The van der Waals surface area contributed by atoms with E-state index in [1.54, 1.807) is 0 Å².